The lowest BCUT2D eigenvalue weighted by molar-refractivity contribution is -0.137. The zero-order chi connectivity index (χ0) is 45.8. The van der Waals surface area contributed by atoms with Gasteiger partial charge in [0.1, 0.15) is 11.5 Å². The molecule has 9 atom stereocenters. The first-order valence-electron chi connectivity index (χ1n) is 23.6. The van der Waals surface area contributed by atoms with E-state index in [2.05, 4.69) is 45.3 Å². The molecule has 63 heavy (non-hydrogen) atoms. The second-order valence-corrected chi connectivity index (χ2v) is 21.3. The van der Waals surface area contributed by atoms with Crippen molar-refractivity contribution in [2.45, 2.75) is 137 Å². The van der Waals surface area contributed by atoms with Crippen LogP contribution in [0.1, 0.15) is 169 Å². The van der Waals surface area contributed by atoms with Gasteiger partial charge in [-0.25, -0.2) is 0 Å². The number of carboxylic acids is 2. The lowest BCUT2D eigenvalue weighted by Crippen LogP contribution is -2.53. The Bertz CT molecular complexity index is 1960. The molecule has 2 aromatic carbocycles. The van der Waals surface area contributed by atoms with Crippen molar-refractivity contribution in [1.82, 2.24) is 10.6 Å². The predicted molar refractivity (Wildman–Crippen MR) is 248 cm³/mol. The third-order valence-electron chi connectivity index (χ3n) is 16.4. The molecule has 4 aliphatic rings. The Kier molecular flexibility index (Phi) is 15.9. The number of amides is 2. The fourth-order valence-electron chi connectivity index (χ4n) is 13.1. The van der Waals surface area contributed by atoms with E-state index in [4.69, 9.17) is 33.4 Å². The number of rotatable bonds is 18. The maximum absolute atomic E-state index is 13.2. The van der Waals surface area contributed by atoms with E-state index in [1.165, 1.54) is 94.9 Å². The van der Waals surface area contributed by atoms with Crippen molar-refractivity contribution in [3.05, 3.63) is 62.6 Å². The molecule has 0 spiro atoms. The molecule has 4 saturated carbocycles. The van der Waals surface area contributed by atoms with Gasteiger partial charge < -0.3 is 31.1 Å². The average molecular weight is 910 g/mol. The Balaban J connectivity index is 1.21. The molecule has 4 aliphatic carbocycles. The maximum atomic E-state index is 13.2. The summed E-state index contributed by atoms with van der Waals surface area (Å²) in [6, 6.07) is 5.97. The Morgan fingerprint density at radius 3 is 1.86 bits per heavy atom. The van der Waals surface area contributed by atoms with Gasteiger partial charge in [-0.1, -0.05) is 83.2 Å². The minimum Gasteiger partial charge on any atom is -0.506 e. The summed E-state index contributed by atoms with van der Waals surface area (Å²) >= 11 is 13.1. The summed E-state index contributed by atoms with van der Waals surface area (Å²) in [7, 11) is 0. The van der Waals surface area contributed by atoms with Crippen LogP contribution in [0.3, 0.4) is 0 Å². The summed E-state index contributed by atoms with van der Waals surface area (Å²) in [6.07, 6.45) is 18.8. The van der Waals surface area contributed by atoms with E-state index >= 15 is 0 Å². The molecule has 12 heteroatoms. The molecule has 6 N–H and O–H groups in total. The molecule has 2 aromatic rings. The number of aliphatic carboxylic acids is 2. The Labute approximate surface area is 384 Å². The van der Waals surface area contributed by atoms with Crippen LogP contribution in [0.15, 0.2) is 30.3 Å². The van der Waals surface area contributed by atoms with Crippen molar-refractivity contribution in [2.24, 2.45) is 58.2 Å². The second-order valence-electron chi connectivity index (χ2n) is 20.5. The minimum atomic E-state index is -1.09. The Hall–Kier alpha value is -3.76. The number of benzene rings is 2. The van der Waals surface area contributed by atoms with Gasteiger partial charge in [0.25, 0.3) is 11.8 Å². The van der Waals surface area contributed by atoms with E-state index in [0.29, 0.717) is 45.8 Å². The molecule has 10 nitrogen and oxygen atoms in total. The van der Waals surface area contributed by atoms with Crippen LogP contribution in [0.5, 0.6) is 11.5 Å². The van der Waals surface area contributed by atoms with Crippen LogP contribution in [0.4, 0.5) is 0 Å². The van der Waals surface area contributed by atoms with E-state index in [1.54, 1.807) is 0 Å². The maximum Gasteiger partial charge on any atom is 0.305 e. The third-order valence-corrected chi connectivity index (χ3v) is 17.0. The number of hydrogen-bond donors (Lipinski definition) is 6. The van der Waals surface area contributed by atoms with Crippen LogP contribution >= 0.6 is 23.2 Å². The molecule has 4 fully saturated rings. The Morgan fingerprint density at radius 2 is 1.30 bits per heavy atom. The molecule has 6 rings (SSSR count). The van der Waals surface area contributed by atoms with Gasteiger partial charge in [-0.05, 0) is 170 Å². The summed E-state index contributed by atoms with van der Waals surface area (Å²) in [4.78, 5) is 48.7. The van der Waals surface area contributed by atoms with E-state index in [0.717, 1.165) is 48.3 Å². The molecule has 346 valence electrons. The smallest absolute Gasteiger partial charge is 0.305 e. The lowest BCUT2D eigenvalue weighted by Gasteiger charge is -2.61. The number of fused-ring (bicyclic) bond motifs is 5. The first kappa shape index (κ1) is 48.7. The van der Waals surface area contributed by atoms with Gasteiger partial charge in [0.05, 0.1) is 34.0 Å². The topological polar surface area (TPSA) is 173 Å². The van der Waals surface area contributed by atoms with Crippen molar-refractivity contribution in [2.75, 3.05) is 13.1 Å². The zero-order valence-electron chi connectivity index (χ0n) is 37.9. The van der Waals surface area contributed by atoms with Gasteiger partial charge in [0.2, 0.25) is 0 Å². The predicted octanol–water partition coefficient (Wildman–Crippen LogP) is 11.8. The van der Waals surface area contributed by atoms with Crippen LogP contribution in [0.25, 0.3) is 5.57 Å². The number of halogens is 2. The molecular weight excluding hydrogens is 839 g/mol. The van der Waals surface area contributed by atoms with Crippen LogP contribution in [0, 0.1) is 58.2 Å². The largest absolute Gasteiger partial charge is 0.506 e. The molecule has 0 saturated heterocycles. The number of phenolic OH excluding ortho intramolecular Hbond substituents is 2. The Morgan fingerprint density at radius 1 is 0.746 bits per heavy atom. The van der Waals surface area contributed by atoms with Crippen molar-refractivity contribution in [3.8, 4) is 11.5 Å². The van der Waals surface area contributed by atoms with Gasteiger partial charge in [0, 0.05) is 13.1 Å². The van der Waals surface area contributed by atoms with E-state index in [9.17, 15) is 29.4 Å². The van der Waals surface area contributed by atoms with Gasteiger partial charge >= 0.3 is 11.9 Å². The van der Waals surface area contributed by atoms with Crippen LogP contribution < -0.4 is 10.6 Å². The number of nitrogens with one attached hydrogen (secondary N) is 2. The number of hydrogen-bond acceptors (Lipinski definition) is 6. The number of aromatic hydroxyl groups is 2. The van der Waals surface area contributed by atoms with Gasteiger partial charge in [0.15, 0.2) is 0 Å². The van der Waals surface area contributed by atoms with Crippen molar-refractivity contribution >= 4 is 52.5 Å². The zero-order valence-corrected chi connectivity index (χ0v) is 39.4. The fraction of sp³-hybridized carbons (Fsp3) is 0.647. The van der Waals surface area contributed by atoms with Crippen LogP contribution in [-0.4, -0.2) is 57.3 Å². The molecule has 2 unspecified atom stereocenters. The molecule has 0 aliphatic heterocycles. The molecule has 2 amide bonds. The summed E-state index contributed by atoms with van der Waals surface area (Å²) in [5.41, 5.74) is 1.98. The van der Waals surface area contributed by atoms with Crippen molar-refractivity contribution < 1.29 is 39.6 Å². The molecule has 0 heterocycles. The van der Waals surface area contributed by atoms with E-state index in [1.807, 2.05) is 6.08 Å². The third kappa shape index (κ3) is 10.9. The van der Waals surface area contributed by atoms with Gasteiger partial charge in [-0.3, -0.25) is 19.2 Å². The molecule has 0 radical (unpaired) electrons. The minimum absolute atomic E-state index is 0.104. The SMILES string of the molecule is CC(C)CCCC(C)[C@H]1CC[C@H]2[C@@H]3CCC4C[C@@H](CCC=C(c5cc(Cl)c(O)c(C(=O)NCCC(=O)O)c5)c5cc(Cl)c(O)c(C(=O)NCCC(=O)O)c5)CC[C@]4(C)[C@H]3CC[C@]12C. The first-order chi connectivity index (χ1) is 29.8. The fourth-order valence-corrected chi connectivity index (χ4v) is 13.5. The van der Waals surface area contributed by atoms with Crippen LogP contribution in [-0.2, 0) is 9.59 Å². The normalized spacial score (nSPS) is 28.0. The highest BCUT2D eigenvalue weighted by Gasteiger charge is 2.60. The van der Waals surface area contributed by atoms with Crippen molar-refractivity contribution in [1.29, 1.82) is 0 Å². The summed E-state index contributed by atoms with van der Waals surface area (Å²) in [5, 5.41) is 44.7. The highest BCUT2D eigenvalue weighted by Crippen LogP contribution is 2.69. The number of phenols is 2. The first-order valence-corrected chi connectivity index (χ1v) is 24.3. The quantitative estimate of drug-likeness (QED) is 0.0857. The average Bonchev–Trinajstić information content (AvgIpc) is 3.58. The number of carboxylic acid groups (broad SMARTS) is 2. The molecular formula is C51H70Cl2N2O8. The van der Waals surface area contributed by atoms with Gasteiger partial charge in [-0.2, -0.15) is 0 Å². The number of allylic oxidation sites excluding steroid dienone is 1. The highest BCUT2D eigenvalue weighted by atomic mass is 35.5. The van der Waals surface area contributed by atoms with E-state index in [-0.39, 0.29) is 47.1 Å². The second kappa shape index (κ2) is 20.6. The number of carbonyl (C=O) groups is 4. The van der Waals surface area contributed by atoms with Gasteiger partial charge in [-0.15, -0.1) is 0 Å². The lowest BCUT2D eigenvalue weighted by atomic mass is 9.44. The van der Waals surface area contributed by atoms with Crippen molar-refractivity contribution in [3.63, 3.8) is 0 Å². The molecule has 0 bridgehead atoms. The monoisotopic (exact) mass is 908 g/mol. The summed E-state index contributed by atoms with van der Waals surface area (Å²) in [6.45, 7) is 12.2. The molecule has 0 aromatic heterocycles. The van der Waals surface area contributed by atoms with E-state index < -0.39 is 35.3 Å². The summed E-state index contributed by atoms with van der Waals surface area (Å²) < 4.78 is 0. The summed E-state index contributed by atoms with van der Waals surface area (Å²) in [5.74, 6) is 1.61. The standard InChI is InChI=1S/C51H70Cl2N2O8/c1-29(2)8-6-9-30(3)39-14-15-40-36-13-12-34-24-31(16-20-50(34,4)41(36)17-21-51(39,40)5)10-7-11-35(32-25-37(46(60)42(52)27-32)48(62)54-22-18-44(56)57)33-26-38(47(61)43(53)28-33)49(63)55-23-19-45(58)59/h11,25-31,34,36,39-41,60-61H,6-10,12-24H2,1-5H3,(H,54,62)(H,55,63)(H,56,57)(H,58,59)/t30?,31-,34?,36-,39+,40-,41-,50-,51+/m0/s1. The number of carbonyl (C=O) groups excluding carboxylic acids is 2. The van der Waals surface area contributed by atoms with Crippen LogP contribution in [0.2, 0.25) is 10.0 Å². The highest BCUT2D eigenvalue weighted by molar-refractivity contribution is 6.33.